The Balaban J connectivity index is 2.35. The van der Waals surface area contributed by atoms with E-state index < -0.39 is 5.82 Å². The van der Waals surface area contributed by atoms with Crippen LogP contribution in [0, 0.1) is 5.82 Å². The van der Waals surface area contributed by atoms with Crippen molar-refractivity contribution in [2.45, 2.75) is 6.54 Å². The van der Waals surface area contributed by atoms with Crippen molar-refractivity contribution in [1.29, 1.82) is 0 Å². The molecule has 1 heterocycles. The lowest BCUT2D eigenvalue weighted by atomic mass is 10.2. The Hall–Kier alpha value is -1.68. The van der Waals surface area contributed by atoms with Crippen LogP contribution in [0.1, 0.15) is 5.56 Å². The van der Waals surface area contributed by atoms with Crippen molar-refractivity contribution < 1.29 is 4.39 Å². The third-order valence-electron chi connectivity index (χ3n) is 2.15. The van der Waals surface area contributed by atoms with E-state index in [1.807, 2.05) is 0 Å². The zero-order valence-corrected chi connectivity index (χ0v) is 8.99. The molecule has 2 aromatic rings. The third-order valence-corrected chi connectivity index (χ3v) is 2.50. The minimum absolute atomic E-state index is 0.171. The minimum atomic E-state index is -0.396. The molecule has 0 fully saturated rings. The van der Waals surface area contributed by atoms with Crippen LogP contribution in [0.3, 0.4) is 0 Å². The molecule has 0 atom stereocenters. The van der Waals surface area contributed by atoms with Crippen LogP contribution < -0.4 is 5.56 Å². The maximum Gasteiger partial charge on any atom is 0.253 e. The fourth-order valence-corrected chi connectivity index (χ4v) is 1.56. The van der Waals surface area contributed by atoms with Crippen LogP contribution in [-0.2, 0) is 6.54 Å². The summed E-state index contributed by atoms with van der Waals surface area (Å²) in [5, 5.41) is 0.302. The van der Waals surface area contributed by atoms with Crippen LogP contribution in [0.5, 0.6) is 0 Å². The molecule has 16 heavy (non-hydrogen) atoms. The summed E-state index contributed by atoms with van der Waals surface area (Å²) in [6, 6.07) is 5.44. The molecule has 1 aromatic heterocycles. The van der Waals surface area contributed by atoms with Gasteiger partial charge in [0.2, 0.25) is 0 Å². The standard InChI is InChI=1S/C11H8ClFN2O/c12-10-5-9(13)2-1-8(10)6-15-7-14-4-3-11(15)16/h1-5,7H,6H2. The highest BCUT2D eigenvalue weighted by Crippen LogP contribution is 2.17. The molecule has 5 heteroatoms. The molecule has 2 rings (SSSR count). The first-order valence-corrected chi connectivity index (χ1v) is 4.99. The normalized spacial score (nSPS) is 10.4. The first-order valence-electron chi connectivity index (χ1n) is 4.61. The van der Waals surface area contributed by atoms with Crippen LogP contribution >= 0.6 is 11.6 Å². The van der Waals surface area contributed by atoms with Crippen molar-refractivity contribution in [3.05, 3.63) is 63.5 Å². The van der Waals surface area contributed by atoms with E-state index in [-0.39, 0.29) is 12.1 Å². The lowest BCUT2D eigenvalue weighted by Crippen LogP contribution is -2.19. The van der Waals surface area contributed by atoms with Crippen LogP contribution in [0.25, 0.3) is 0 Å². The van der Waals surface area contributed by atoms with E-state index in [1.54, 1.807) is 6.07 Å². The van der Waals surface area contributed by atoms with Gasteiger partial charge >= 0.3 is 0 Å². The molecule has 82 valence electrons. The van der Waals surface area contributed by atoms with E-state index in [0.29, 0.717) is 10.6 Å². The molecule has 0 aliphatic carbocycles. The summed E-state index contributed by atoms with van der Waals surface area (Å²) in [5.74, 6) is -0.396. The molecule has 0 saturated heterocycles. The summed E-state index contributed by atoms with van der Waals surface area (Å²) >= 11 is 5.86. The molecule has 3 nitrogen and oxygen atoms in total. The van der Waals surface area contributed by atoms with Gasteiger partial charge in [-0.3, -0.25) is 9.36 Å². The highest BCUT2D eigenvalue weighted by Gasteiger charge is 2.03. The monoisotopic (exact) mass is 238 g/mol. The molecule has 0 saturated carbocycles. The van der Waals surface area contributed by atoms with E-state index in [9.17, 15) is 9.18 Å². The van der Waals surface area contributed by atoms with Crippen molar-refractivity contribution in [3.8, 4) is 0 Å². The second-order valence-electron chi connectivity index (χ2n) is 3.28. The average Bonchev–Trinajstić information content (AvgIpc) is 2.25. The molecule has 0 amide bonds. The van der Waals surface area contributed by atoms with E-state index in [2.05, 4.69) is 4.98 Å². The fraction of sp³-hybridized carbons (Fsp3) is 0.0909. The van der Waals surface area contributed by atoms with Crippen molar-refractivity contribution in [2.24, 2.45) is 0 Å². The Morgan fingerprint density at radius 1 is 1.38 bits per heavy atom. The molecule has 0 aliphatic heterocycles. The molecular formula is C11H8ClFN2O. The van der Waals surface area contributed by atoms with Crippen LogP contribution in [0.15, 0.2) is 41.6 Å². The van der Waals surface area contributed by atoms with Crippen molar-refractivity contribution in [2.75, 3.05) is 0 Å². The number of hydrogen-bond donors (Lipinski definition) is 0. The van der Waals surface area contributed by atoms with E-state index in [1.165, 1.54) is 35.3 Å². The summed E-state index contributed by atoms with van der Waals surface area (Å²) in [7, 11) is 0. The number of benzene rings is 1. The summed E-state index contributed by atoms with van der Waals surface area (Å²) in [6.07, 6.45) is 2.84. The van der Waals surface area contributed by atoms with Gasteiger partial charge in [-0.05, 0) is 17.7 Å². The molecule has 0 aliphatic rings. The first-order chi connectivity index (χ1) is 7.66. The maximum absolute atomic E-state index is 12.8. The van der Waals surface area contributed by atoms with Gasteiger partial charge in [-0.15, -0.1) is 0 Å². The van der Waals surface area contributed by atoms with Crippen molar-refractivity contribution in [1.82, 2.24) is 9.55 Å². The van der Waals surface area contributed by atoms with Crippen LogP contribution in [-0.4, -0.2) is 9.55 Å². The van der Waals surface area contributed by atoms with Gasteiger partial charge in [-0.25, -0.2) is 9.37 Å². The second-order valence-corrected chi connectivity index (χ2v) is 3.69. The Morgan fingerprint density at radius 2 is 2.19 bits per heavy atom. The van der Waals surface area contributed by atoms with Gasteiger partial charge in [0.1, 0.15) is 5.82 Å². The van der Waals surface area contributed by atoms with Crippen LogP contribution in [0.4, 0.5) is 4.39 Å². The van der Waals surface area contributed by atoms with Gasteiger partial charge < -0.3 is 0 Å². The van der Waals surface area contributed by atoms with E-state index >= 15 is 0 Å². The molecule has 0 radical (unpaired) electrons. The Labute approximate surface area is 96.1 Å². The topological polar surface area (TPSA) is 34.9 Å². The fourth-order valence-electron chi connectivity index (χ4n) is 1.33. The summed E-state index contributed by atoms with van der Waals surface area (Å²) in [4.78, 5) is 15.2. The SMILES string of the molecule is O=c1ccncn1Cc1ccc(F)cc1Cl. The average molecular weight is 239 g/mol. The molecule has 0 N–H and O–H groups in total. The van der Waals surface area contributed by atoms with Gasteiger partial charge in [-0.2, -0.15) is 0 Å². The van der Waals surface area contributed by atoms with Crippen molar-refractivity contribution in [3.63, 3.8) is 0 Å². The predicted molar refractivity (Wildman–Crippen MR) is 59.0 cm³/mol. The number of halogens is 2. The molecule has 1 aromatic carbocycles. The second kappa shape index (κ2) is 4.45. The lowest BCUT2D eigenvalue weighted by molar-refractivity contribution is 0.626. The predicted octanol–water partition coefficient (Wildman–Crippen LogP) is 2.08. The Bertz CT molecular complexity index is 568. The molecular weight excluding hydrogens is 231 g/mol. The minimum Gasteiger partial charge on any atom is -0.295 e. The highest BCUT2D eigenvalue weighted by molar-refractivity contribution is 6.31. The maximum atomic E-state index is 12.8. The van der Waals surface area contributed by atoms with E-state index in [4.69, 9.17) is 11.6 Å². The van der Waals surface area contributed by atoms with Gasteiger partial charge in [-0.1, -0.05) is 17.7 Å². The van der Waals surface area contributed by atoms with Gasteiger partial charge in [0.15, 0.2) is 0 Å². The Kier molecular flexibility index (Phi) is 3.01. The molecule has 0 spiro atoms. The molecule has 0 unspecified atom stereocenters. The van der Waals surface area contributed by atoms with Gasteiger partial charge in [0.05, 0.1) is 12.9 Å². The van der Waals surface area contributed by atoms with Crippen LogP contribution in [0.2, 0.25) is 5.02 Å². The number of aromatic nitrogens is 2. The summed E-state index contributed by atoms with van der Waals surface area (Å²) < 4.78 is 14.2. The largest absolute Gasteiger partial charge is 0.295 e. The van der Waals surface area contributed by atoms with E-state index in [0.717, 1.165) is 0 Å². The zero-order valence-electron chi connectivity index (χ0n) is 8.23. The number of nitrogens with zero attached hydrogens (tertiary/aromatic N) is 2. The quantitative estimate of drug-likeness (QED) is 0.803. The van der Waals surface area contributed by atoms with Gasteiger partial charge in [0, 0.05) is 17.3 Å². The highest BCUT2D eigenvalue weighted by atomic mass is 35.5. The lowest BCUT2D eigenvalue weighted by Gasteiger charge is -2.06. The first kappa shape index (κ1) is 10.8. The van der Waals surface area contributed by atoms with Crippen molar-refractivity contribution >= 4 is 11.6 Å². The van der Waals surface area contributed by atoms with Gasteiger partial charge in [0.25, 0.3) is 5.56 Å². The zero-order chi connectivity index (χ0) is 11.5. The number of hydrogen-bond acceptors (Lipinski definition) is 2. The smallest absolute Gasteiger partial charge is 0.253 e. The number of rotatable bonds is 2. The summed E-state index contributed by atoms with van der Waals surface area (Å²) in [5.41, 5.74) is 0.508. The Morgan fingerprint density at radius 3 is 2.88 bits per heavy atom. The third kappa shape index (κ3) is 2.28. The summed E-state index contributed by atoms with van der Waals surface area (Å²) in [6.45, 7) is 0.284. The molecule has 0 bridgehead atoms.